The highest BCUT2D eigenvalue weighted by molar-refractivity contribution is 5.81. The molecule has 1 aromatic heterocycles. The number of benzene rings is 1. The predicted molar refractivity (Wildman–Crippen MR) is 67.8 cm³/mol. The van der Waals surface area contributed by atoms with E-state index in [-0.39, 0.29) is 11.6 Å². The molecule has 0 radical (unpaired) electrons. The number of rotatable bonds is 2. The van der Waals surface area contributed by atoms with E-state index in [1.165, 1.54) is 10.7 Å². The van der Waals surface area contributed by atoms with E-state index in [0.717, 1.165) is 0 Å². The first-order valence-electron chi connectivity index (χ1n) is 6.17. The highest BCUT2D eigenvalue weighted by Gasteiger charge is 2.19. The average molecular weight is 260 g/mol. The van der Waals surface area contributed by atoms with Crippen LogP contribution in [0.5, 0.6) is 0 Å². The molecular weight excluding hydrogens is 247 g/mol. The summed E-state index contributed by atoms with van der Waals surface area (Å²) in [4.78, 5) is 13.1. The van der Waals surface area contributed by atoms with Crippen molar-refractivity contribution in [3.8, 4) is 5.69 Å². The molecule has 3 rings (SSSR count). The fourth-order valence-corrected chi connectivity index (χ4v) is 2.24. The van der Waals surface area contributed by atoms with Crippen LogP contribution >= 0.6 is 0 Å². The first kappa shape index (κ1) is 11.8. The van der Waals surface area contributed by atoms with Gasteiger partial charge in [0.05, 0.1) is 23.8 Å². The number of ketones is 1. The highest BCUT2D eigenvalue weighted by atomic mass is 19.1. The van der Waals surface area contributed by atoms with Crippen molar-refractivity contribution >= 4 is 11.5 Å². The van der Waals surface area contributed by atoms with Crippen molar-refractivity contribution in [2.45, 2.75) is 12.8 Å². The van der Waals surface area contributed by atoms with Gasteiger partial charge in [-0.05, 0) is 12.1 Å². The van der Waals surface area contributed by atoms with E-state index in [4.69, 9.17) is 0 Å². The van der Waals surface area contributed by atoms with E-state index >= 15 is 0 Å². The van der Waals surface area contributed by atoms with Gasteiger partial charge in [0.25, 0.3) is 0 Å². The molecule has 1 saturated heterocycles. The van der Waals surface area contributed by atoms with Crippen LogP contribution in [0.2, 0.25) is 0 Å². The molecule has 1 aromatic carbocycles. The van der Waals surface area contributed by atoms with Crippen LogP contribution in [0.3, 0.4) is 0 Å². The standard InChI is InChI=1S/C13H13FN4O/c14-12-9-10(18-8-5-15-16-18)1-2-13(12)17-6-3-11(19)4-7-17/h1-2,5,8-9H,3-4,6-7H2. The first-order valence-corrected chi connectivity index (χ1v) is 6.17. The molecule has 0 N–H and O–H groups in total. The van der Waals surface area contributed by atoms with Crippen LogP contribution in [0.4, 0.5) is 10.1 Å². The van der Waals surface area contributed by atoms with Gasteiger partial charge < -0.3 is 4.90 Å². The molecule has 2 aromatic rings. The molecule has 0 atom stereocenters. The summed E-state index contributed by atoms with van der Waals surface area (Å²) in [6.07, 6.45) is 4.19. The Labute approximate surface area is 109 Å². The number of nitrogens with zero attached hydrogens (tertiary/aromatic N) is 4. The zero-order valence-electron chi connectivity index (χ0n) is 10.3. The lowest BCUT2D eigenvalue weighted by Crippen LogP contribution is -2.34. The van der Waals surface area contributed by atoms with Crippen molar-refractivity contribution < 1.29 is 9.18 Å². The van der Waals surface area contributed by atoms with Crippen LogP contribution in [-0.2, 0) is 4.79 Å². The number of carbonyl (C=O) groups is 1. The number of hydrogen-bond donors (Lipinski definition) is 0. The van der Waals surface area contributed by atoms with Crippen LogP contribution in [0.15, 0.2) is 30.6 Å². The fraction of sp³-hybridized carbons (Fsp3) is 0.308. The number of halogens is 1. The molecule has 1 aliphatic rings. The fourth-order valence-electron chi connectivity index (χ4n) is 2.24. The van der Waals surface area contributed by atoms with Gasteiger partial charge in [0.1, 0.15) is 11.6 Å². The van der Waals surface area contributed by atoms with Crippen molar-refractivity contribution in [3.05, 3.63) is 36.4 Å². The van der Waals surface area contributed by atoms with Crippen molar-refractivity contribution in [1.82, 2.24) is 15.0 Å². The van der Waals surface area contributed by atoms with Gasteiger partial charge in [-0.15, -0.1) is 5.10 Å². The van der Waals surface area contributed by atoms with Crippen LogP contribution in [0.25, 0.3) is 5.69 Å². The Balaban J connectivity index is 1.86. The minimum atomic E-state index is -0.303. The van der Waals surface area contributed by atoms with Crippen molar-refractivity contribution in [1.29, 1.82) is 0 Å². The van der Waals surface area contributed by atoms with Crippen LogP contribution in [-0.4, -0.2) is 33.9 Å². The van der Waals surface area contributed by atoms with Gasteiger partial charge in [0.2, 0.25) is 0 Å². The number of carbonyl (C=O) groups excluding carboxylic acids is 1. The molecule has 1 aliphatic heterocycles. The lowest BCUT2D eigenvalue weighted by molar-refractivity contribution is -0.119. The minimum absolute atomic E-state index is 0.246. The lowest BCUT2D eigenvalue weighted by atomic mass is 10.1. The maximum atomic E-state index is 14.1. The van der Waals surface area contributed by atoms with Crippen molar-refractivity contribution in [3.63, 3.8) is 0 Å². The molecule has 0 amide bonds. The van der Waals surface area contributed by atoms with Crippen LogP contribution in [0, 0.1) is 5.82 Å². The largest absolute Gasteiger partial charge is 0.368 e. The molecule has 0 spiro atoms. The molecule has 0 saturated carbocycles. The van der Waals surface area contributed by atoms with E-state index in [0.29, 0.717) is 37.3 Å². The summed E-state index contributed by atoms with van der Waals surface area (Å²) in [6, 6.07) is 4.95. The molecule has 0 aliphatic carbocycles. The number of Topliss-reactive ketones (excluding diaryl/α,β-unsaturated/α-hetero) is 1. The third-order valence-electron chi connectivity index (χ3n) is 3.28. The molecule has 2 heterocycles. The van der Waals surface area contributed by atoms with Gasteiger partial charge in [-0.2, -0.15) is 0 Å². The molecule has 0 bridgehead atoms. The molecule has 0 unspecified atom stereocenters. The van der Waals surface area contributed by atoms with Gasteiger partial charge in [0, 0.05) is 32.0 Å². The van der Waals surface area contributed by atoms with Gasteiger partial charge >= 0.3 is 0 Å². The summed E-state index contributed by atoms with van der Waals surface area (Å²) in [7, 11) is 0. The zero-order valence-corrected chi connectivity index (χ0v) is 10.3. The number of aromatic nitrogens is 3. The van der Waals surface area contributed by atoms with E-state index in [1.807, 2.05) is 4.90 Å². The van der Waals surface area contributed by atoms with E-state index in [2.05, 4.69) is 10.3 Å². The monoisotopic (exact) mass is 260 g/mol. The second-order valence-corrected chi connectivity index (χ2v) is 4.51. The van der Waals surface area contributed by atoms with Gasteiger partial charge in [-0.25, -0.2) is 9.07 Å². The maximum Gasteiger partial charge on any atom is 0.148 e. The van der Waals surface area contributed by atoms with Crippen LogP contribution in [0.1, 0.15) is 12.8 Å². The summed E-state index contributed by atoms with van der Waals surface area (Å²) in [5.41, 5.74) is 1.17. The molecule has 5 nitrogen and oxygen atoms in total. The predicted octanol–water partition coefficient (Wildman–Crippen LogP) is 1.58. The third-order valence-corrected chi connectivity index (χ3v) is 3.28. The Bertz CT molecular complexity index is 587. The van der Waals surface area contributed by atoms with Crippen molar-refractivity contribution in [2.24, 2.45) is 0 Å². The molecule has 6 heteroatoms. The normalized spacial score (nSPS) is 15.8. The molecule has 1 fully saturated rings. The smallest absolute Gasteiger partial charge is 0.148 e. The minimum Gasteiger partial charge on any atom is -0.368 e. The van der Waals surface area contributed by atoms with Crippen molar-refractivity contribution in [2.75, 3.05) is 18.0 Å². The molecule has 98 valence electrons. The Hall–Kier alpha value is -2.24. The summed E-state index contributed by atoms with van der Waals surface area (Å²) in [5.74, 6) is -0.0572. The van der Waals surface area contributed by atoms with Gasteiger partial charge in [-0.3, -0.25) is 4.79 Å². The summed E-state index contributed by atoms with van der Waals surface area (Å²) in [5, 5.41) is 7.51. The summed E-state index contributed by atoms with van der Waals surface area (Å²) < 4.78 is 15.6. The first-order chi connectivity index (χ1) is 9.24. The van der Waals surface area contributed by atoms with Gasteiger partial charge in [0.15, 0.2) is 0 Å². The highest BCUT2D eigenvalue weighted by Crippen LogP contribution is 2.24. The summed E-state index contributed by atoms with van der Waals surface area (Å²) >= 11 is 0. The second-order valence-electron chi connectivity index (χ2n) is 4.51. The van der Waals surface area contributed by atoms with Gasteiger partial charge in [-0.1, -0.05) is 5.21 Å². The quantitative estimate of drug-likeness (QED) is 0.822. The SMILES string of the molecule is O=C1CCN(c2ccc(-n3ccnn3)cc2F)CC1. The lowest BCUT2D eigenvalue weighted by Gasteiger charge is -2.28. The second kappa shape index (κ2) is 4.79. The van der Waals surface area contributed by atoms with E-state index in [9.17, 15) is 9.18 Å². The third kappa shape index (κ3) is 2.33. The Morgan fingerprint density at radius 3 is 2.63 bits per heavy atom. The number of anilines is 1. The Morgan fingerprint density at radius 1 is 1.21 bits per heavy atom. The van der Waals surface area contributed by atoms with Crippen LogP contribution < -0.4 is 4.90 Å². The maximum absolute atomic E-state index is 14.1. The molecular formula is C13H13FN4O. The van der Waals surface area contributed by atoms with E-state index in [1.54, 1.807) is 24.5 Å². The number of piperidine rings is 1. The number of hydrogen-bond acceptors (Lipinski definition) is 4. The Kier molecular flexibility index (Phi) is 2.98. The Morgan fingerprint density at radius 2 is 2.00 bits per heavy atom. The summed E-state index contributed by atoms with van der Waals surface area (Å²) in [6.45, 7) is 1.16. The molecule has 19 heavy (non-hydrogen) atoms. The van der Waals surface area contributed by atoms with E-state index < -0.39 is 0 Å². The zero-order chi connectivity index (χ0) is 13.2. The average Bonchev–Trinajstić information content (AvgIpc) is 2.94. The topological polar surface area (TPSA) is 51.0 Å².